The average molecular weight is 336 g/mol. The Balaban J connectivity index is 2.15. The molecule has 2 aromatic rings. The summed E-state index contributed by atoms with van der Waals surface area (Å²) in [6.07, 6.45) is 0. The fourth-order valence-corrected chi connectivity index (χ4v) is 2.64. The molecular formula is C16H18BrNO2. The molecule has 0 heterocycles. The van der Waals surface area contributed by atoms with Crippen molar-refractivity contribution in [3.63, 3.8) is 0 Å². The number of halogens is 1. The highest BCUT2D eigenvalue weighted by Crippen LogP contribution is 2.29. The first-order valence-corrected chi connectivity index (χ1v) is 7.30. The van der Waals surface area contributed by atoms with Crippen LogP contribution in [0.15, 0.2) is 46.9 Å². The molecule has 0 aromatic heterocycles. The summed E-state index contributed by atoms with van der Waals surface area (Å²) in [6, 6.07) is 12.7. The average Bonchev–Trinajstić information content (AvgIpc) is 2.41. The lowest BCUT2D eigenvalue weighted by Gasteiger charge is -2.21. The molecule has 0 aliphatic rings. The highest BCUT2D eigenvalue weighted by molar-refractivity contribution is 9.10. The third-order valence-corrected chi connectivity index (χ3v) is 3.82. The van der Waals surface area contributed by atoms with Crippen LogP contribution in [0.25, 0.3) is 0 Å². The minimum atomic E-state index is -0.0731. The van der Waals surface area contributed by atoms with E-state index in [1.165, 1.54) is 12.1 Å². The van der Waals surface area contributed by atoms with E-state index >= 15 is 0 Å². The van der Waals surface area contributed by atoms with Crippen molar-refractivity contribution in [1.29, 1.82) is 0 Å². The second-order valence-electron chi connectivity index (χ2n) is 4.91. The molecule has 3 nitrogen and oxygen atoms in total. The lowest BCUT2D eigenvalue weighted by molar-refractivity contribution is 0.429. The van der Waals surface area contributed by atoms with Crippen molar-refractivity contribution in [3.05, 3.63) is 58.1 Å². The van der Waals surface area contributed by atoms with Crippen molar-refractivity contribution in [2.24, 2.45) is 0 Å². The highest BCUT2D eigenvalue weighted by Gasteiger charge is 2.15. The third kappa shape index (κ3) is 3.52. The quantitative estimate of drug-likeness (QED) is 0.731. The van der Waals surface area contributed by atoms with Crippen molar-refractivity contribution in [2.75, 3.05) is 0 Å². The first-order valence-electron chi connectivity index (χ1n) is 6.50. The third-order valence-electron chi connectivity index (χ3n) is 3.33. The number of hydrogen-bond acceptors (Lipinski definition) is 3. The van der Waals surface area contributed by atoms with E-state index in [-0.39, 0.29) is 23.6 Å². The Kier molecular flexibility index (Phi) is 4.68. The Morgan fingerprint density at radius 2 is 1.75 bits per heavy atom. The minimum absolute atomic E-state index is 0.0731. The number of nitrogens with one attached hydrogen (secondary N) is 1. The van der Waals surface area contributed by atoms with Gasteiger partial charge in [0.15, 0.2) is 0 Å². The summed E-state index contributed by atoms with van der Waals surface area (Å²) in [7, 11) is 0. The summed E-state index contributed by atoms with van der Waals surface area (Å²) in [5.41, 5.74) is 1.85. The smallest absolute Gasteiger partial charge is 0.120 e. The maximum atomic E-state index is 9.87. The summed E-state index contributed by atoms with van der Waals surface area (Å²) in [4.78, 5) is 0. The van der Waals surface area contributed by atoms with Crippen LogP contribution in [0, 0.1) is 0 Å². The van der Waals surface area contributed by atoms with Gasteiger partial charge in [-0.2, -0.15) is 0 Å². The van der Waals surface area contributed by atoms with Gasteiger partial charge in [0.1, 0.15) is 11.5 Å². The molecule has 4 heteroatoms. The Bertz CT molecular complexity index is 601. The van der Waals surface area contributed by atoms with E-state index < -0.39 is 0 Å². The molecule has 0 amide bonds. The number of rotatable bonds is 4. The van der Waals surface area contributed by atoms with Gasteiger partial charge >= 0.3 is 0 Å². The maximum Gasteiger partial charge on any atom is 0.120 e. The van der Waals surface area contributed by atoms with Crippen LogP contribution in [-0.2, 0) is 0 Å². The summed E-state index contributed by atoms with van der Waals surface area (Å²) in [5, 5.41) is 22.8. The molecule has 0 aliphatic heterocycles. The summed E-state index contributed by atoms with van der Waals surface area (Å²) in [5.74, 6) is 0.339. The van der Waals surface area contributed by atoms with Crippen LogP contribution in [0.3, 0.4) is 0 Å². The van der Waals surface area contributed by atoms with Gasteiger partial charge in [-0.15, -0.1) is 0 Å². The topological polar surface area (TPSA) is 52.5 Å². The molecular weight excluding hydrogens is 318 g/mol. The Morgan fingerprint density at radius 1 is 1.00 bits per heavy atom. The van der Waals surface area contributed by atoms with Crippen LogP contribution in [0.2, 0.25) is 0 Å². The predicted octanol–water partition coefficient (Wildman–Crippen LogP) is 4.27. The molecule has 1 unspecified atom stereocenters. The normalized spacial score (nSPS) is 13.9. The first-order chi connectivity index (χ1) is 9.47. The van der Waals surface area contributed by atoms with E-state index in [2.05, 4.69) is 40.3 Å². The second-order valence-corrected chi connectivity index (χ2v) is 5.82. The maximum absolute atomic E-state index is 9.87. The lowest BCUT2D eigenvalue weighted by atomic mass is 10.0. The summed E-state index contributed by atoms with van der Waals surface area (Å²) in [6.45, 7) is 4.03. The van der Waals surface area contributed by atoms with Crippen molar-refractivity contribution in [3.8, 4) is 11.5 Å². The number of phenols is 2. The number of benzene rings is 2. The van der Waals surface area contributed by atoms with Gasteiger partial charge in [-0.1, -0.05) is 28.1 Å². The minimum Gasteiger partial charge on any atom is -0.508 e. The fourth-order valence-electron chi connectivity index (χ4n) is 2.23. The van der Waals surface area contributed by atoms with Gasteiger partial charge in [0.2, 0.25) is 0 Å². The second kappa shape index (κ2) is 6.29. The Morgan fingerprint density at radius 3 is 2.45 bits per heavy atom. The van der Waals surface area contributed by atoms with E-state index in [9.17, 15) is 10.2 Å². The van der Waals surface area contributed by atoms with Crippen molar-refractivity contribution in [1.82, 2.24) is 5.32 Å². The molecule has 2 rings (SSSR count). The van der Waals surface area contributed by atoms with Crippen LogP contribution in [0.4, 0.5) is 0 Å². The van der Waals surface area contributed by atoms with E-state index in [0.29, 0.717) is 5.56 Å². The molecule has 2 atom stereocenters. The van der Waals surface area contributed by atoms with Crippen LogP contribution in [0.1, 0.15) is 37.1 Å². The molecule has 0 saturated carbocycles. The van der Waals surface area contributed by atoms with Gasteiger partial charge in [0, 0.05) is 22.1 Å². The summed E-state index contributed by atoms with van der Waals surface area (Å²) >= 11 is 3.46. The van der Waals surface area contributed by atoms with Crippen molar-refractivity contribution in [2.45, 2.75) is 25.9 Å². The molecule has 0 fully saturated rings. The standard InChI is InChI=1S/C16H18BrNO2/c1-10(12-4-3-5-13(17)8-12)18-11(2)15-9-14(19)6-7-16(15)20/h3-11,18-20H,1-2H3/t10-,11?/m0/s1. The van der Waals surface area contributed by atoms with Gasteiger partial charge < -0.3 is 15.5 Å². The number of phenolic OH excluding ortho intramolecular Hbond substituents is 2. The van der Waals surface area contributed by atoms with E-state index in [0.717, 1.165) is 10.0 Å². The highest BCUT2D eigenvalue weighted by atomic mass is 79.9. The Labute approximate surface area is 127 Å². The zero-order valence-corrected chi connectivity index (χ0v) is 13.1. The first kappa shape index (κ1) is 14.9. The molecule has 106 valence electrons. The molecule has 0 radical (unpaired) electrons. The predicted molar refractivity (Wildman–Crippen MR) is 83.9 cm³/mol. The van der Waals surface area contributed by atoms with Gasteiger partial charge in [0.25, 0.3) is 0 Å². The van der Waals surface area contributed by atoms with E-state index in [1.807, 2.05) is 19.1 Å². The van der Waals surface area contributed by atoms with Gasteiger partial charge in [-0.3, -0.25) is 0 Å². The van der Waals surface area contributed by atoms with Gasteiger partial charge in [-0.25, -0.2) is 0 Å². The molecule has 0 saturated heterocycles. The molecule has 20 heavy (non-hydrogen) atoms. The van der Waals surface area contributed by atoms with Gasteiger partial charge in [0.05, 0.1) is 0 Å². The molecule has 3 N–H and O–H groups in total. The molecule has 0 aliphatic carbocycles. The molecule has 0 spiro atoms. The van der Waals surface area contributed by atoms with Crippen molar-refractivity contribution < 1.29 is 10.2 Å². The Hall–Kier alpha value is -1.52. The van der Waals surface area contributed by atoms with Crippen LogP contribution >= 0.6 is 15.9 Å². The fraction of sp³-hybridized carbons (Fsp3) is 0.250. The van der Waals surface area contributed by atoms with E-state index in [1.54, 1.807) is 6.07 Å². The van der Waals surface area contributed by atoms with Crippen molar-refractivity contribution >= 4 is 15.9 Å². The summed E-state index contributed by atoms with van der Waals surface area (Å²) < 4.78 is 1.04. The number of aromatic hydroxyl groups is 2. The largest absolute Gasteiger partial charge is 0.508 e. The number of hydrogen-bond donors (Lipinski definition) is 3. The monoisotopic (exact) mass is 335 g/mol. The van der Waals surface area contributed by atoms with Crippen LogP contribution < -0.4 is 5.32 Å². The molecule has 0 bridgehead atoms. The zero-order chi connectivity index (χ0) is 14.7. The molecule has 2 aromatic carbocycles. The van der Waals surface area contributed by atoms with E-state index in [4.69, 9.17) is 0 Å². The van der Waals surface area contributed by atoms with Crippen LogP contribution in [-0.4, -0.2) is 10.2 Å². The van der Waals surface area contributed by atoms with Crippen LogP contribution in [0.5, 0.6) is 11.5 Å². The van der Waals surface area contributed by atoms with Gasteiger partial charge in [-0.05, 0) is 49.7 Å². The lowest BCUT2D eigenvalue weighted by Crippen LogP contribution is -2.22. The zero-order valence-electron chi connectivity index (χ0n) is 11.5. The SMILES string of the molecule is CC(N[C@@H](C)c1cccc(Br)c1)c1cc(O)ccc1O.